The molecule has 0 radical (unpaired) electrons. The van der Waals surface area contributed by atoms with Crippen LogP contribution in [0.15, 0.2) is 65.6 Å². The summed E-state index contributed by atoms with van der Waals surface area (Å²) in [5.74, 6) is 0.750. The van der Waals surface area contributed by atoms with Gasteiger partial charge in [0.15, 0.2) is 0 Å². The maximum atomic E-state index is 11.5. The van der Waals surface area contributed by atoms with Crippen molar-refractivity contribution in [2.45, 2.75) is 19.8 Å². The van der Waals surface area contributed by atoms with E-state index in [4.69, 9.17) is 4.74 Å². The van der Waals surface area contributed by atoms with Crippen molar-refractivity contribution in [3.8, 4) is 22.9 Å². The molecule has 0 saturated carbocycles. The van der Waals surface area contributed by atoms with E-state index in [1.807, 2.05) is 42.6 Å². The van der Waals surface area contributed by atoms with Crippen molar-refractivity contribution in [3.05, 3.63) is 92.2 Å². The van der Waals surface area contributed by atoms with Crippen LogP contribution in [0.4, 0.5) is 0 Å². The van der Waals surface area contributed by atoms with Crippen LogP contribution in [0.1, 0.15) is 21.7 Å². The number of H-pyrrole nitrogens is 3. The van der Waals surface area contributed by atoms with Crippen molar-refractivity contribution < 1.29 is 9.84 Å². The van der Waals surface area contributed by atoms with E-state index >= 15 is 0 Å². The molecular formula is C25H23N3O3S. The topological polar surface area (TPSA) is 93.9 Å². The zero-order chi connectivity index (χ0) is 22.1. The van der Waals surface area contributed by atoms with Gasteiger partial charge in [0, 0.05) is 35.8 Å². The second-order valence-electron chi connectivity index (χ2n) is 7.76. The molecule has 0 aliphatic rings. The molecule has 3 aromatic heterocycles. The SMILES string of the molecule is Cc1cc(-c2ccccc2)[nH]c1CCOc1ccc(Cc2sc(=O)[nH]c2O)c2[nH]ccc12. The Hall–Kier alpha value is -3.71. The molecule has 0 aliphatic carbocycles. The minimum absolute atomic E-state index is 0.0591. The minimum atomic E-state index is -0.254. The van der Waals surface area contributed by atoms with Gasteiger partial charge in [-0.25, -0.2) is 0 Å². The van der Waals surface area contributed by atoms with E-state index in [1.165, 1.54) is 16.8 Å². The summed E-state index contributed by atoms with van der Waals surface area (Å²) in [4.78, 5) is 21.1. The highest BCUT2D eigenvalue weighted by Crippen LogP contribution is 2.31. The average molecular weight is 446 g/mol. The Morgan fingerprint density at radius 2 is 1.91 bits per heavy atom. The van der Waals surface area contributed by atoms with Gasteiger partial charge in [-0.05, 0) is 41.8 Å². The van der Waals surface area contributed by atoms with E-state index in [1.54, 1.807) is 0 Å². The monoisotopic (exact) mass is 445 g/mol. The highest BCUT2D eigenvalue weighted by Gasteiger charge is 2.13. The summed E-state index contributed by atoms with van der Waals surface area (Å²) in [6.45, 7) is 2.66. The van der Waals surface area contributed by atoms with Crippen molar-refractivity contribution in [2.24, 2.45) is 0 Å². The van der Waals surface area contributed by atoms with Gasteiger partial charge in [-0.2, -0.15) is 0 Å². The molecule has 5 rings (SSSR count). The Morgan fingerprint density at radius 3 is 2.69 bits per heavy atom. The fourth-order valence-corrected chi connectivity index (χ4v) is 4.75. The van der Waals surface area contributed by atoms with Crippen LogP contribution in [0.3, 0.4) is 0 Å². The molecule has 0 fully saturated rings. The predicted molar refractivity (Wildman–Crippen MR) is 128 cm³/mol. The van der Waals surface area contributed by atoms with Crippen molar-refractivity contribution in [2.75, 3.05) is 6.61 Å². The summed E-state index contributed by atoms with van der Waals surface area (Å²) >= 11 is 1.03. The number of fused-ring (bicyclic) bond motifs is 1. The Kier molecular flexibility index (Phi) is 5.33. The first-order chi connectivity index (χ1) is 15.6. The number of aromatic nitrogens is 3. The van der Waals surface area contributed by atoms with Crippen molar-refractivity contribution >= 4 is 22.2 Å². The third-order valence-corrected chi connectivity index (χ3v) is 6.51. The van der Waals surface area contributed by atoms with Crippen LogP contribution in [-0.4, -0.2) is 26.7 Å². The molecule has 0 atom stereocenters. The second-order valence-corrected chi connectivity index (χ2v) is 8.83. The third kappa shape index (κ3) is 3.94. The zero-order valence-corrected chi connectivity index (χ0v) is 18.4. The molecule has 2 aromatic carbocycles. The highest BCUT2D eigenvalue weighted by atomic mass is 32.1. The van der Waals surface area contributed by atoms with E-state index < -0.39 is 0 Å². The van der Waals surface area contributed by atoms with Crippen molar-refractivity contribution in [1.29, 1.82) is 0 Å². The van der Waals surface area contributed by atoms with Crippen molar-refractivity contribution in [3.63, 3.8) is 0 Å². The van der Waals surface area contributed by atoms with Gasteiger partial charge in [0.25, 0.3) is 0 Å². The van der Waals surface area contributed by atoms with Crippen LogP contribution >= 0.6 is 11.3 Å². The number of aryl methyl sites for hydroxylation is 1. The molecule has 0 aliphatic heterocycles. The highest BCUT2D eigenvalue weighted by molar-refractivity contribution is 7.09. The van der Waals surface area contributed by atoms with Crippen LogP contribution in [0, 0.1) is 6.92 Å². The molecule has 32 heavy (non-hydrogen) atoms. The number of benzene rings is 2. The third-order valence-electron chi connectivity index (χ3n) is 5.64. The number of ether oxygens (including phenoxy) is 1. The first-order valence-electron chi connectivity index (χ1n) is 10.4. The van der Waals surface area contributed by atoms with Gasteiger partial charge in [-0.3, -0.25) is 9.78 Å². The Bertz CT molecular complexity index is 1430. The molecule has 0 saturated heterocycles. The normalized spacial score (nSPS) is 11.3. The van der Waals surface area contributed by atoms with Crippen molar-refractivity contribution in [1.82, 2.24) is 15.0 Å². The Balaban J connectivity index is 1.31. The summed E-state index contributed by atoms with van der Waals surface area (Å²) in [5, 5.41) is 10.9. The minimum Gasteiger partial charge on any atom is -0.494 e. The molecule has 6 nitrogen and oxygen atoms in total. The molecule has 0 bridgehead atoms. The van der Waals surface area contributed by atoms with Gasteiger partial charge >= 0.3 is 4.87 Å². The number of thiazole rings is 1. The smallest absolute Gasteiger partial charge is 0.307 e. The van der Waals surface area contributed by atoms with E-state index in [9.17, 15) is 9.90 Å². The largest absolute Gasteiger partial charge is 0.494 e. The van der Waals surface area contributed by atoms with E-state index in [0.717, 1.165) is 45.7 Å². The quantitative estimate of drug-likeness (QED) is 0.279. The Morgan fingerprint density at radius 1 is 1.06 bits per heavy atom. The first kappa shape index (κ1) is 20.2. The summed E-state index contributed by atoms with van der Waals surface area (Å²) in [6, 6.07) is 18.4. The van der Waals surface area contributed by atoms with E-state index in [2.05, 4.69) is 40.1 Å². The molecule has 162 valence electrons. The lowest BCUT2D eigenvalue weighted by molar-refractivity contribution is 0.324. The lowest BCUT2D eigenvalue weighted by atomic mass is 10.1. The van der Waals surface area contributed by atoms with Crippen LogP contribution in [0.2, 0.25) is 0 Å². The number of aromatic hydroxyl groups is 1. The second kappa shape index (κ2) is 8.43. The fraction of sp³-hybridized carbons (Fsp3) is 0.160. The van der Waals surface area contributed by atoms with Gasteiger partial charge in [-0.1, -0.05) is 47.7 Å². The number of nitrogens with one attached hydrogen (secondary N) is 3. The maximum absolute atomic E-state index is 11.5. The molecule has 0 amide bonds. The predicted octanol–water partition coefficient (Wildman–Crippen LogP) is 5.14. The van der Waals surface area contributed by atoms with Gasteiger partial charge < -0.3 is 19.8 Å². The summed E-state index contributed by atoms with van der Waals surface area (Å²) < 4.78 is 6.14. The molecule has 7 heteroatoms. The van der Waals surface area contributed by atoms with Crippen LogP contribution < -0.4 is 9.61 Å². The summed E-state index contributed by atoms with van der Waals surface area (Å²) in [6.07, 6.45) is 3.12. The summed E-state index contributed by atoms with van der Waals surface area (Å²) in [5.41, 5.74) is 6.63. The van der Waals surface area contributed by atoms with E-state index in [-0.39, 0.29) is 10.8 Å². The number of hydrogen-bond donors (Lipinski definition) is 4. The Labute approximate surface area is 188 Å². The van der Waals surface area contributed by atoms with Gasteiger partial charge in [0.1, 0.15) is 5.75 Å². The fourth-order valence-electron chi connectivity index (χ4n) is 4.00. The lowest BCUT2D eigenvalue weighted by Gasteiger charge is -2.10. The van der Waals surface area contributed by atoms with Gasteiger partial charge in [-0.15, -0.1) is 0 Å². The van der Waals surface area contributed by atoms with Crippen LogP contribution in [-0.2, 0) is 12.8 Å². The van der Waals surface area contributed by atoms with Gasteiger partial charge in [0.2, 0.25) is 5.88 Å². The zero-order valence-electron chi connectivity index (χ0n) is 17.6. The number of rotatable bonds is 7. The number of aromatic amines is 3. The van der Waals surface area contributed by atoms with Crippen LogP contribution in [0.25, 0.3) is 22.2 Å². The molecular weight excluding hydrogens is 422 g/mol. The van der Waals surface area contributed by atoms with Gasteiger partial charge in [0.05, 0.1) is 17.0 Å². The van der Waals surface area contributed by atoms with Crippen LogP contribution in [0.5, 0.6) is 11.6 Å². The average Bonchev–Trinajstić information content (AvgIpc) is 3.50. The molecule has 5 aromatic rings. The number of hydrogen-bond acceptors (Lipinski definition) is 4. The molecule has 0 spiro atoms. The molecule has 3 heterocycles. The maximum Gasteiger partial charge on any atom is 0.307 e. The molecule has 0 unspecified atom stereocenters. The van der Waals surface area contributed by atoms with E-state index in [0.29, 0.717) is 17.9 Å². The standard InChI is InChI=1S/C25H23N3O3S/c1-15-13-20(16-5-3-2-4-6-16)27-19(15)10-12-31-21-8-7-17(23-18(21)9-11-26-23)14-22-24(29)28-25(30)32-22/h2-9,11,13,26-27,29H,10,12,14H2,1H3,(H,28,30). The molecule has 4 N–H and O–H groups in total. The summed E-state index contributed by atoms with van der Waals surface area (Å²) in [7, 11) is 0. The first-order valence-corrected chi connectivity index (χ1v) is 11.3. The lowest BCUT2D eigenvalue weighted by Crippen LogP contribution is -2.03.